The molecule has 0 bridgehead atoms. The summed E-state index contributed by atoms with van der Waals surface area (Å²) >= 11 is 0. The van der Waals surface area contributed by atoms with Gasteiger partial charge in [-0.15, -0.1) is 0 Å². The van der Waals surface area contributed by atoms with Crippen molar-refractivity contribution in [3.63, 3.8) is 0 Å². The van der Waals surface area contributed by atoms with Gasteiger partial charge in [-0.25, -0.2) is 4.98 Å². The SMILES string of the molecule is O=C(O)CCCCC1=CCCC2=C1CCC=C2OCc1ccc2ccccc2n1. The number of benzene rings is 1. The summed E-state index contributed by atoms with van der Waals surface area (Å²) in [4.78, 5) is 15.4. The zero-order valence-electron chi connectivity index (χ0n) is 16.7. The molecule has 4 nitrogen and oxygen atoms in total. The van der Waals surface area contributed by atoms with E-state index in [9.17, 15) is 4.79 Å². The van der Waals surface area contributed by atoms with E-state index in [4.69, 9.17) is 14.8 Å². The molecular formula is C25H27NO3. The Hall–Kier alpha value is -2.88. The number of pyridine rings is 1. The molecule has 0 saturated carbocycles. The van der Waals surface area contributed by atoms with Crippen LogP contribution in [-0.4, -0.2) is 16.1 Å². The Bertz CT molecular complexity index is 1000. The monoisotopic (exact) mass is 389 g/mol. The van der Waals surface area contributed by atoms with E-state index >= 15 is 0 Å². The molecule has 1 aromatic carbocycles. The molecule has 0 saturated heterocycles. The normalized spacial score (nSPS) is 16.3. The Labute approximate surface area is 171 Å². The lowest BCUT2D eigenvalue weighted by atomic mass is 9.82. The number of fused-ring (bicyclic) bond motifs is 1. The second-order valence-corrected chi connectivity index (χ2v) is 7.72. The molecule has 1 heterocycles. The van der Waals surface area contributed by atoms with Gasteiger partial charge in [-0.1, -0.05) is 30.3 Å². The molecule has 0 amide bonds. The van der Waals surface area contributed by atoms with Crippen LogP contribution in [0.15, 0.2) is 71.0 Å². The molecule has 0 unspecified atom stereocenters. The summed E-state index contributed by atoms with van der Waals surface area (Å²) in [5.74, 6) is 0.304. The number of hydrogen-bond acceptors (Lipinski definition) is 3. The second-order valence-electron chi connectivity index (χ2n) is 7.72. The number of nitrogens with zero attached hydrogens (tertiary/aromatic N) is 1. The fraction of sp³-hybridized carbons (Fsp3) is 0.360. The third-order valence-corrected chi connectivity index (χ3v) is 5.68. The summed E-state index contributed by atoms with van der Waals surface area (Å²) in [5, 5.41) is 9.97. The maximum absolute atomic E-state index is 10.7. The molecule has 2 aliphatic carbocycles. The zero-order valence-corrected chi connectivity index (χ0v) is 16.7. The highest BCUT2D eigenvalue weighted by atomic mass is 16.5. The smallest absolute Gasteiger partial charge is 0.303 e. The van der Waals surface area contributed by atoms with Crippen LogP contribution in [0.2, 0.25) is 0 Å². The van der Waals surface area contributed by atoms with Gasteiger partial charge in [0.1, 0.15) is 12.4 Å². The lowest BCUT2D eigenvalue weighted by Crippen LogP contribution is -2.10. The molecule has 0 atom stereocenters. The summed E-state index contributed by atoms with van der Waals surface area (Å²) in [6.07, 6.45) is 11.5. The number of unbranched alkanes of at least 4 members (excludes halogenated alkanes) is 1. The largest absolute Gasteiger partial charge is 0.487 e. The molecule has 4 rings (SSSR count). The van der Waals surface area contributed by atoms with Gasteiger partial charge in [0, 0.05) is 11.8 Å². The topological polar surface area (TPSA) is 59.4 Å². The number of carboxylic acid groups (broad SMARTS) is 1. The zero-order chi connectivity index (χ0) is 20.1. The molecule has 0 aliphatic heterocycles. The molecule has 2 aromatic rings. The van der Waals surface area contributed by atoms with E-state index in [1.807, 2.05) is 24.3 Å². The summed E-state index contributed by atoms with van der Waals surface area (Å²) in [7, 11) is 0. The fourth-order valence-corrected chi connectivity index (χ4v) is 4.24. The van der Waals surface area contributed by atoms with Crippen LogP contribution in [0.1, 0.15) is 57.1 Å². The first-order chi connectivity index (χ1) is 14.2. The Morgan fingerprint density at radius 2 is 1.83 bits per heavy atom. The Balaban J connectivity index is 1.42. The average molecular weight is 389 g/mol. The van der Waals surface area contributed by atoms with Crippen LogP contribution < -0.4 is 0 Å². The van der Waals surface area contributed by atoms with E-state index in [2.05, 4.69) is 24.3 Å². The minimum absolute atomic E-state index is 0.256. The number of hydrogen-bond donors (Lipinski definition) is 1. The first-order valence-electron chi connectivity index (χ1n) is 10.5. The van der Waals surface area contributed by atoms with Crippen molar-refractivity contribution in [2.24, 2.45) is 0 Å². The van der Waals surface area contributed by atoms with Crippen LogP contribution >= 0.6 is 0 Å². The van der Waals surface area contributed by atoms with E-state index < -0.39 is 5.97 Å². The number of para-hydroxylation sites is 1. The lowest BCUT2D eigenvalue weighted by Gasteiger charge is -2.27. The Morgan fingerprint density at radius 3 is 2.72 bits per heavy atom. The Morgan fingerprint density at radius 1 is 1.00 bits per heavy atom. The van der Waals surface area contributed by atoms with E-state index in [1.165, 1.54) is 16.7 Å². The third-order valence-electron chi connectivity index (χ3n) is 5.68. The van der Waals surface area contributed by atoms with Crippen molar-refractivity contribution in [3.8, 4) is 0 Å². The van der Waals surface area contributed by atoms with Crippen molar-refractivity contribution in [2.75, 3.05) is 0 Å². The standard InChI is InChI=1S/C25H27NO3/c27-25(28)14-4-2-7-18-9-5-11-22-21(18)10-6-13-24(22)29-17-20-16-15-19-8-1-3-12-23(19)26-20/h1,3,8-9,12-13,15-16H,2,4-7,10-11,14,17H2,(H,27,28). The minimum atomic E-state index is -0.707. The van der Waals surface area contributed by atoms with Gasteiger partial charge >= 0.3 is 5.97 Å². The van der Waals surface area contributed by atoms with Gasteiger partial charge in [0.2, 0.25) is 0 Å². The highest BCUT2D eigenvalue weighted by Gasteiger charge is 2.22. The van der Waals surface area contributed by atoms with Crippen LogP contribution in [0.3, 0.4) is 0 Å². The predicted octanol–water partition coefficient (Wildman–Crippen LogP) is 6.09. The van der Waals surface area contributed by atoms with Crippen molar-refractivity contribution in [1.82, 2.24) is 4.98 Å². The van der Waals surface area contributed by atoms with Gasteiger partial charge in [0.15, 0.2) is 0 Å². The number of carboxylic acids is 1. The number of rotatable bonds is 8. The van der Waals surface area contributed by atoms with Gasteiger partial charge in [0.25, 0.3) is 0 Å². The van der Waals surface area contributed by atoms with Gasteiger partial charge in [-0.05, 0) is 79.9 Å². The number of ether oxygens (including phenoxy) is 1. The molecule has 2 aliphatic rings. The lowest BCUT2D eigenvalue weighted by molar-refractivity contribution is -0.137. The number of aliphatic carboxylic acids is 1. The van der Waals surface area contributed by atoms with Crippen molar-refractivity contribution in [2.45, 2.75) is 58.0 Å². The molecule has 1 aromatic heterocycles. The number of aromatic nitrogens is 1. The molecule has 29 heavy (non-hydrogen) atoms. The van der Waals surface area contributed by atoms with Crippen molar-refractivity contribution < 1.29 is 14.6 Å². The van der Waals surface area contributed by atoms with Crippen molar-refractivity contribution in [1.29, 1.82) is 0 Å². The van der Waals surface area contributed by atoms with Crippen LogP contribution in [0, 0.1) is 0 Å². The Kier molecular flexibility index (Phi) is 6.09. The minimum Gasteiger partial charge on any atom is -0.487 e. The maximum atomic E-state index is 10.7. The van der Waals surface area contributed by atoms with E-state index in [1.54, 1.807) is 0 Å². The molecule has 0 fully saturated rings. The summed E-state index contributed by atoms with van der Waals surface area (Å²) in [6, 6.07) is 12.3. The van der Waals surface area contributed by atoms with E-state index in [-0.39, 0.29) is 6.42 Å². The molecule has 1 N–H and O–H groups in total. The van der Waals surface area contributed by atoms with Crippen LogP contribution in [0.25, 0.3) is 10.9 Å². The van der Waals surface area contributed by atoms with Gasteiger partial charge in [-0.3, -0.25) is 4.79 Å². The highest BCUT2D eigenvalue weighted by molar-refractivity contribution is 5.78. The highest BCUT2D eigenvalue weighted by Crippen LogP contribution is 2.39. The third kappa shape index (κ3) is 4.76. The summed E-state index contributed by atoms with van der Waals surface area (Å²) in [5.41, 5.74) is 6.10. The van der Waals surface area contributed by atoms with Crippen LogP contribution in [0.5, 0.6) is 0 Å². The maximum Gasteiger partial charge on any atom is 0.303 e. The molecular weight excluding hydrogens is 362 g/mol. The van der Waals surface area contributed by atoms with Crippen LogP contribution in [0.4, 0.5) is 0 Å². The first kappa shape index (κ1) is 19.4. The molecule has 150 valence electrons. The molecule has 0 radical (unpaired) electrons. The van der Waals surface area contributed by atoms with E-state index in [0.29, 0.717) is 6.61 Å². The number of allylic oxidation sites excluding steroid dienone is 5. The molecule has 4 heteroatoms. The first-order valence-corrected chi connectivity index (χ1v) is 10.5. The quantitative estimate of drug-likeness (QED) is 0.555. The van der Waals surface area contributed by atoms with E-state index in [0.717, 1.165) is 67.3 Å². The molecule has 0 spiro atoms. The fourth-order valence-electron chi connectivity index (χ4n) is 4.24. The van der Waals surface area contributed by atoms with Crippen molar-refractivity contribution in [3.05, 3.63) is 76.7 Å². The number of carbonyl (C=O) groups is 1. The van der Waals surface area contributed by atoms with Gasteiger partial charge in [-0.2, -0.15) is 0 Å². The van der Waals surface area contributed by atoms with Crippen molar-refractivity contribution >= 4 is 16.9 Å². The van der Waals surface area contributed by atoms with Gasteiger partial charge in [0.05, 0.1) is 11.2 Å². The summed E-state index contributed by atoms with van der Waals surface area (Å²) < 4.78 is 6.23. The van der Waals surface area contributed by atoms with Crippen LogP contribution in [-0.2, 0) is 16.1 Å². The van der Waals surface area contributed by atoms with Gasteiger partial charge < -0.3 is 9.84 Å². The average Bonchev–Trinajstić information content (AvgIpc) is 2.75. The second kappa shape index (κ2) is 9.08. The predicted molar refractivity (Wildman–Crippen MR) is 114 cm³/mol. The summed E-state index contributed by atoms with van der Waals surface area (Å²) in [6.45, 7) is 0.477.